The molecule has 0 fully saturated rings. The molecule has 0 amide bonds. The molecular formula is C11H18O2Si. The van der Waals surface area contributed by atoms with Gasteiger partial charge >= 0.3 is 5.97 Å². The molecule has 0 radical (unpaired) electrons. The highest BCUT2D eigenvalue weighted by atomic mass is 28.3. The molecule has 0 aromatic heterocycles. The molecule has 0 aromatic carbocycles. The quantitative estimate of drug-likeness (QED) is 0.398. The zero-order valence-corrected chi connectivity index (χ0v) is 10.3. The number of hydrogen-bond acceptors (Lipinski definition) is 2. The van der Waals surface area contributed by atoms with Crippen molar-refractivity contribution in [1.29, 1.82) is 0 Å². The molecule has 1 atom stereocenters. The minimum absolute atomic E-state index is 0.165. The summed E-state index contributed by atoms with van der Waals surface area (Å²) in [5.74, 6) is -0.165. The maximum absolute atomic E-state index is 11.5. The van der Waals surface area contributed by atoms with Crippen molar-refractivity contribution in [3.8, 4) is 0 Å². The van der Waals surface area contributed by atoms with E-state index in [1.54, 1.807) is 0 Å². The van der Waals surface area contributed by atoms with Crippen LogP contribution in [0.3, 0.4) is 0 Å². The van der Waals surface area contributed by atoms with Crippen LogP contribution in [-0.2, 0) is 9.53 Å². The van der Waals surface area contributed by atoms with E-state index in [1.165, 1.54) is 7.11 Å². The van der Waals surface area contributed by atoms with E-state index in [0.717, 1.165) is 12.0 Å². The van der Waals surface area contributed by atoms with Crippen molar-refractivity contribution in [2.24, 2.45) is 0 Å². The predicted octanol–water partition coefficient (Wildman–Crippen LogP) is 2.75. The maximum Gasteiger partial charge on any atom is 0.333 e. The molecule has 1 rings (SSSR count). The second-order valence-corrected chi connectivity index (χ2v) is 10.0. The first-order chi connectivity index (χ1) is 6.46. The van der Waals surface area contributed by atoms with Crippen molar-refractivity contribution in [3.63, 3.8) is 0 Å². The molecule has 0 aliphatic heterocycles. The molecule has 0 saturated heterocycles. The van der Waals surface area contributed by atoms with Crippen LogP contribution in [0.15, 0.2) is 23.8 Å². The van der Waals surface area contributed by atoms with E-state index in [1.807, 2.05) is 6.08 Å². The second kappa shape index (κ2) is 4.13. The third kappa shape index (κ3) is 2.35. The van der Waals surface area contributed by atoms with Crippen molar-refractivity contribution in [3.05, 3.63) is 23.8 Å². The Labute approximate surface area is 86.7 Å². The molecule has 0 heterocycles. The molecule has 0 spiro atoms. The van der Waals surface area contributed by atoms with Crippen LogP contribution in [0.5, 0.6) is 0 Å². The van der Waals surface area contributed by atoms with Crippen LogP contribution >= 0.6 is 0 Å². The van der Waals surface area contributed by atoms with E-state index < -0.39 is 8.07 Å². The SMILES string of the molecule is COC(=O)C1=CCC=CC1[Si](C)(C)C. The molecule has 0 aromatic rings. The van der Waals surface area contributed by atoms with Crippen LogP contribution in [0.25, 0.3) is 0 Å². The monoisotopic (exact) mass is 210 g/mol. The van der Waals surface area contributed by atoms with Crippen LogP contribution in [-0.4, -0.2) is 21.2 Å². The first kappa shape index (κ1) is 11.2. The fraction of sp³-hybridized carbons (Fsp3) is 0.545. The lowest BCUT2D eigenvalue weighted by Crippen LogP contribution is -2.31. The van der Waals surface area contributed by atoms with Crippen LogP contribution in [0.1, 0.15) is 6.42 Å². The molecule has 2 nitrogen and oxygen atoms in total. The normalized spacial score (nSPS) is 21.7. The van der Waals surface area contributed by atoms with Gasteiger partial charge in [0.1, 0.15) is 0 Å². The van der Waals surface area contributed by atoms with Crippen LogP contribution < -0.4 is 0 Å². The molecule has 1 aliphatic carbocycles. The van der Waals surface area contributed by atoms with Gasteiger partial charge in [0.2, 0.25) is 0 Å². The highest BCUT2D eigenvalue weighted by molar-refractivity contribution is 6.79. The average Bonchev–Trinajstić information content (AvgIpc) is 2.15. The molecule has 1 unspecified atom stereocenters. The van der Waals surface area contributed by atoms with E-state index in [2.05, 4.69) is 31.8 Å². The Morgan fingerprint density at radius 3 is 2.64 bits per heavy atom. The molecule has 3 heteroatoms. The summed E-state index contributed by atoms with van der Waals surface area (Å²) in [4.78, 5) is 11.5. The summed E-state index contributed by atoms with van der Waals surface area (Å²) in [5, 5.41) is 0. The van der Waals surface area contributed by atoms with E-state index >= 15 is 0 Å². The Morgan fingerprint density at radius 2 is 2.14 bits per heavy atom. The maximum atomic E-state index is 11.5. The molecule has 0 bridgehead atoms. The zero-order chi connectivity index (χ0) is 10.8. The van der Waals surface area contributed by atoms with Gasteiger partial charge in [-0.25, -0.2) is 4.79 Å². The van der Waals surface area contributed by atoms with Gasteiger partial charge in [0.25, 0.3) is 0 Å². The largest absolute Gasteiger partial charge is 0.466 e. The van der Waals surface area contributed by atoms with E-state index in [0.29, 0.717) is 5.54 Å². The highest BCUT2D eigenvalue weighted by Crippen LogP contribution is 2.34. The van der Waals surface area contributed by atoms with E-state index in [-0.39, 0.29) is 5.97 Å². The lowest BCUT2D eigenvalue weighted by Gasteiger charge is -2.29. The number of carbonyl (C=O) groups is 1. The fourth-order valence-electron chi connectivity index (χ4n) is 1.72. The summed E-state index contributed by atoms with van der Waals surface area (Å²) < 4.78 is 4.80. The number of ether oxygens (including phenoxy) is 1. The number of methoxy groups -OCH3 is 1. The van der Waals surface area contributed by atoms with Crippen molar-refractivity contribution in [2.45, 2.75) is 31.6 Å². The van der Waals surface area contributed by atoms with E-state index in [9.17, 15) is 4.79 Å². The molecule has 0 saturated carbocycles. The van der Waals surface area contributed by atoms with Gasteiger partial charge in [-0.2, -0.15) is 0 Å². The Bertz CT molecular complexity index is 284. The Hall–Kier alpha value is -0.833. The lowest BCUT2D eigenvalue weighted by molar-refractivity contribution is -0.136. The lowest BCUT2D eigenvalue weighted by atomic mass is 10.1. The number of esters is 1. The van der Waals surface area contributed by atoms with Crippen molar-refractivity contribution in [2.75, 3.05) is 7.11 Å². The number of carbonyl (C=O) groups excluding carboxylic acids is 1. The summed E-state index contributed by atoms with van der Waals surface area (Å²) in [7, 11) is 0.0928. The van der Waals surface area contributed by atoms with Gasteiger partial charge < -0.3 is 4.74 Å². The van der Waals surface area contributed by atoms with Crippen molar-refractivity contribution >= 4 is 14.0 Å². The fourth-order valence-corrected chi connectivity index (χ4v) is 3.61. The first-order valence-electron chi connectivity index (χ1n) is 4.92. The van der Waals surface area contributed by atoms with Gasteiger partial charge in [-0.1, -0.05) is 37.9 Å². The molecule has 14 heavy (non-hydrogen) atoms. The third-order valence-corrected chi connectivity index (χ3v) is 4.86. The van der Waals surface area contributed by atoms with Crippen molar-refractivity contribution < 1.29 is 9.53 Å². The summed E-state index contributed by atoms with van der Waals surface area (Å²) in [6, 6.07) is 0. The van der Waals surface area contributed by atoms with Crippen LogP contribution in [0.4, 0.5) is 0 Å². The van der Waals surface area contributed by atoms with Crippen LogP contribution in [0.2, 0.25) is 25.2 Å². The third-order valence-electron chi connectivity index (χ3n) is 2.49. The summed E-state index contributed by atoms with van der Waals surface area (Å²) in [5.41, 5.74) is 1.16. The highest BCUT2D eigenvalue weighted by Gasteiger charge is 2.32. The summed E-state index contributed by atoms with van der Waals surface area (Å²) in [6.07, 6.45) is 7.15. The number of rotatable bonds is 2. The van der Waals surface area contributed by atoms with Gasteiger partial charge in [-0.3, -0.25) is 0 Å². The zero-order valence-electron chi connectivity index (χ0n) is 9.33. The Kier molecular flexibility index (Phi) is 3.32. The van der Waals surface area contributed by atoms with Crippen LogP contribution in [0, 0.1) is 0 Å². The van der Waals surface area contributed by atoms with Gasteiger partial charge in [-0.15, -0.1) is 0 Å². The molecular weight excluding hydrogens is 192 g/mol. The number of allylic oxidation sites excluding steroid dienone is 3. The molecule has 78 valence electrons. The molecule has 0 N–H and O–H groups in total. The van der Waals surface area contributed by atoms with Gasteiger partial charge in [0, 0.05) is 11.1 Å². The minimum Gasteiger partial charge on any atom is -0.466 e. The topological polar surface area (TPSA) is 26.3 Å². The first-order valence-corrected chi connectivity index (χ1v) is 8.49. The number of hydrogen-bond donors (Lipinski definition) is 0. The van der Waals surface area contributed by atoms with Crippen molar-refractivity contribution in [1.82, 2.24) is 0 Å². The average molecular weight is 210 g/mol. The summed E-state index contributed by atoms with van der Waals surface area (Å²) >= 11 is 0. The standard InChI is InChI=1S/C11H18O2Si/c1-13-11(12)9-7-5-6-8-10(9)14(2,3)4/h6-8,10H,5H2,1-4H3. The smallest absolute Gasteiger partial charge is 0.333 e. The second-order valence-electron chi connectivity index (χ2n) is 4.66. The van der Waals surface area contributed by atoms with Gasteiger partial charge in [0.15, 0.2) is 0 Å². The molecule has 1 aliphatic rings. The van der Waals surface area contributed by atoms with Gasteiger partial charge in [0.05, 0.1) is 15.2 Å². The Morgan fingerprint density at radius 1 is 1.50 bits per heavy atom. The predicted molar refractivity (Wildman–Crippen MR) is 61.0 cm³/mol. The minimum atomic E-state index is -1.35. The van der Waals surface area contributed by atoms with Gasteiger partial charge in [-0.05, 0) is 6.42 Å². The van der Waals surface area contributed by atoms with E-state index in [4.69, 9.17) is 4.74 Å². The Balaban J connectivity index is 2.93. The summed E-state index contributed by atoms with van der Waals surface area (Å²) in [6.45, 7) is 6.80.